The number of anilines is 1. The Balaban J connectivity index is 2.61. The quantitative estimate of drug-likeness (QED) is 0.831. The van der Waals surface area contributed by atoms with Crippen molar-refractivity contribution in [2.24, 2.45) is 17.1 Å². The first-order valence-corrected chi connectivity index (χ1v) is 7.82. The van der Waals surface area contributed by atoms with E-state index in [0.29, 0.717) is 18.9 Å². The highest BCUT2D eigenvalue weighted by atomic mass is 16.1. The molecule has 1 aromatic carbocycles. The van der Waals surface area contributed by atoms with Gasteiger partial charge in [-0.25, -0.2) is 0 Å². The summed E-state index contributed by atoms with van der Waals surface area (Å²) >= 11 is 0. The zero-order valence-electron chi connectivity index (χ0n) is 14.1. The Hall–Kier alpha value is -1.35. The Morgan fingerprint density at radius 2 is 1.76 bits per heavy atom. The van der Waals surface area contributed by atoms with Crippen molar-refractivity contribution >= 4 is 11.6 Å². The van der Waals surface area contributed by atoms with Gasteiger partial charge in [0.05, 0.1) is 0 Å². The van der Waals surface area contributed by atoms with Gasteiger partial charge in [-0.15, -0.1) is 0 Å². The lowest BCUT2D eigenvalue weighted by Gasteiger charge is -2.30. The van der Waals surface area contributed by atoms with Gasteiger partial charge in [-0.2, -0.15) is 0 Å². The SMILES string of the molecule is Cc1cccc(C)c1NC(=O)CCC(CCN)C(C)(C)C. The maximum absolute atomic E-state index is 12.2. The summed E-state index contributed by atoms with van der Waals surface area (Å²) < 4.78 is 0. The van der Waals surface area contributed by atoms with Crippen molar-refractivity contribution in [3.8, 4) is 0 Å². The summed E-state index contributed by atoms with van der Waals surface area (Å²) in [5.41, 5.74) is 9.06. The Bertz CT molecular complexity index is 454. The third-order valence-electron chi connectivity index (χ3n) is 4.21. The van der Waals surface area contributed by atoms with E-state index in [1.807, 2.05) is 32.0 Å². The molecule has 0 spiro atoms. The number of aryl methyl sites for hydroxylation is 2. The average molecular weight is 290 g/mol. The number of benzene rings is 1. The zero-order valence-corrected chi connectivity index (χ0v) is 14.1. The molecule has 0 aliphatic heterocycles. The van der Waals surface area contributed by atoms with Gasteiger partial charge in [-0.3, -0.25) is 4.79 Å². The Morgan fingerprint density at radius 3 is 2.24 bits per heavy atom. The van der Waals surface area contributed by atoms with Crippen molar-refractivity contribution in [1.29, 1.82) is 0 Å². The van der Waals surface area contributed by atoms with Crippen LogP contribution < -0.4 is 11.1 Å². The number of rotatable bonds is 6. The van der Waals surface area contributed by atoms with Crippen LogP contribution in [0.1, 0.15) is 51.2 Å². The van der Waals surface area contributed by atoms with Crippen molar-refractivity contribution < 1.29 is 4.79 Å². The minimum Gasteiger partial charge on any atom is -0.330 e. The first kappa shape index (κ1) is 17.7. The maximum Gasteiger partial charge on any atom is 0.224 e. The Kier molecular flexibility index (Phi) is 6.41. The molecule has 1 atom stereocenters. The standard InChI is InChI=1S/C18H30N2O/c1-13-7-6-8-14(2)17(13)20-16(21)10-9-15(11-12-19)18(3,4)5/h6-8,15H,9-12,19H2,1-5H3,(H,20,21). The van der Waals surface area contributed by atoms with E-state index in [0.717, 1.165) is 29.7 Å². The van der Waals surface area contributed by atoms with E-state index in [9.17, 15) is 4.79 Å². The highest BCUT2D eigenvalue weighted by Gasteiger charge is 2.24. The summed E-state index contributed by atoms with van der Waals surface area (Å²) in [6.45, 7) is 11.4. The molecule has 0 aliphatic carbocycles. The van der Waals surface area contributed by atoms with E-state index in [2.05, 4.69) is 26.1 Å². The fourth-order valence-corrected chi connectivity index (χ4v) is 2.73. The minimum atomic E-state index is 0.0960. The number of carbonyl (C=O) groups is 1. The van der Waals surface area contributed by atoms with E-state index in [1.165, 1.54) is 0 Å². The Morgan fingerprint density at radius 1 is 1.19 bits per heavy atom. The van der Waals surface area contributed by atoms with Crippen molar-refractivity contribution in [3.63, 3.8) is 0 Å². The summed E-state index contributed by atoms with van der Waals surface area (Å²) in [5, 5.41) is 3.06. The minimum absolute atomic E-state index is 0.0960. The summed E-state index contributed by atoms with van der Waals surface area (Å²) in [6, 6.07) is 6.06. The molecule has 0 saturated heterocycles. The highest BCUT2D eigenvalue weighted by molar-refractivity contribution is 5.92. The monoisotopic (exact) mass is 290 g/mol. The molecule has 3 nitrogen and oxygen atoms in total. The molecular formula is C18H30N2O. The lowest BCUT2D eigenvalue weighted by molar-refractivity contribution is -0.116. The molecule has 0 fully saturated rings. The Labute approximate surface area is 129 Å². The van der Waals surface area contributed by atoms with Gasteiger partial charge < -0.3 is 11.1 Å². The van der Waals surface area contributed by atoms with Gasteiger partial charge in [0.1, 0.15) is 0 Å². The first-order valence-electron chi connectivity index (χ1n) is 7.82. The van der Waals surface area contributed by atoms with Crippen LogP contribution in [0.4, 0.5) is 5.69 Å². The molecule has 0 saturated carbocycles. The molecular weight excluding hydrogens is 260 g/mol. The summed E-state index contributed by atoms with van der Waals surface area (Å²) in [7, 11) is 0. The average Bonchev–Trinajstić information content (AvgIpc) is 2.37. The van der Waals surface area contributed by atoms with Crippen LogP contribution in [0.25, 0.3) is 0 Å². The number of carbonyl (C=O) groups excluding carboxylic acids is 1. The van der Waals surface area contributed by atoms with Crippen LogP contribution in [0.3, 0.4) is 0 Å². The van der Waals surface area contributed by atoms with Crippen LogP contribution in [0.5, 0.6) is 0 Å². The van der Waals surface area contributed by atoms with Gasteiger partial charge in [0.25, 0.3) is 0 Å². The molecule has 1 unspecified atom stereocenters. The number of amides is 1. The van der Waals surface area contributed by atoms with Gasteiger partial charge in [-0.1, -0.05) is 39.0 Å². The predicted molar refractivity (Wildman–Crippen MR) is 90.4 cm³/mol. The summed E-state index contributed by atoms with van der Waals surface area (Å²) in [6.07, 6.45) is 2.41. The van der Waals surface area contributed by atoms with E-state index >= 15 is 0 Å². The van der Waals surface area contributed by atoms with Crippen LogP contribution in [-0.2, 0) is 4.79 Å². The molecule has 1 amide bonds. The molecule has 118 valence electrons. The molecule has 0 aromatic heterocycles. The van der Waals surface area contributed by atoms with Crippen LogP contribution in [0, 0.1) is 25.2 Å². The second-order valence-corrected chi connectivity index (χ2v) is 6.99. The summed E-state index contributed by atoms with van der Waals surface area (Å²) in [4.78, 5) is 12.2. The van der Waals surface area contributed by atoms with Gasteiger partial charge in [0.2, 0.25) is 5.91 Å². The number of hydrogen-bond donors (Lipinski definition) is 2. The first-order chi connectivity index (χ1) is 9.75. The number of para-hydroxylation sites is 1. The normalized spacial score (nSPS) is 13.0. The fraction of sp³-hybridized carbons (Fsp3) is 0.611. The molecule has 0 bridgehead atoms. The smallest absolute Gasteiger partial charge is 0.224 e. The van der Waals surface area contributed by atoms with E-state index < -0.39 is 0 Å². The molecule has 1 aromatic rings. The van der Waals surface area contributed by atoms with Crippen molar-refractivity contribution in [2.45, 2.75) is 53.9 Å². The molecule has 1 rings (SSSR count). The van der Waals surface area contributed by atoms with E-state index in [1.54, 1.807) is 0 Å². The van der Waals surface area contributed by atoms with Crippen molar-refractivity contribution in [1.82, 2.24) is 0 Å². The molecule has 3 heteroatoms. The lowest BCUT2D eigenvalue weighted by atomic mass is 9.76. The second kappa shape index (κ2) is 7.60. The predicted octanol–water partition coefficient (Wildman–Crippen LogP) is 4.03. The third kappa shape index (κ3) is 5.50. The van der Waals surface area contributed by atoms with E-state index in [4.69, 9.17) is 5.73 Å². The fourth-order valence-electron chi connectivity index (χ4n) is 2.73. The number of nitrogens with two attached hydrogens (primary N) is 1. The van der Waals surface area contributed by atoms with Gasteiger partial charge in [0, 0.05) is 12.1 Å². The van der Waals surface area contributed by atoms with Gasteiger partial charge in [0.15, 0.2) is 0 Å². The van der Waals surface area contributed by atoms with Crippen LogP contribution in [-0.4, -0.2) is 12.5 Å². The molecule has 0 radical (unpaired) electrons. The molecule has 21 heavy (non-hydrogen) atoms. The van der Waals surface area contributed by atoms with Crippen molar-refractivity contribution in [3.05, 3.63) is 29.3 Å². The third-order valence-corrected chi connectivity index (χ3v) is 4.21. The molecule has 0 aliphatic rings. The topological polar surface area (TPSA) is 55.1 Å². The summed E-state index contributed by atoms with van der Waals surface area (Å²) in [5.74, 6) is 0.574. The van der Waals surface area contributed by atoms with Crippen molar-refractivity contribution in [2.75, 3.05) is 11.9 Å². The molecule has 3 N–H and O–H groups in total. The number of nitrogens with one attached hydrogen (secondary N) is 1. The largest absolute Gasteiger partial charge is 0.330 e. The number of hydrogen-bond acceptors (Lipinski definition) is 2. The highest BCUT2D eigenvalue weighted by Crippen LogP contribution is 2.32. The second-order valence-electron chi connectivity index (χ2n) is 6.99. The van der Waals surface area contributed by atoms with Crippen LogP contribution in [0.2, 0.25) is 0 Å². The molecule has 0 heterocycles. The van der Waals surface area contributed by atoms with Gasteiger partial charge in [-0.05, 0) is 55.7 Å². The van der Waals surface area contributed by atoms with E-state index in [-0.39, 0.29) is 11.3 Å². The maximum atomic E-state index is 12.2. The van der Waals surface area contributed by atoms with Crippen LogP contribution in [0.15, 0.2) is 18.2 Å². The lowest BCUT2D eigenvalue weighted by Crippen LogP contribution is -2.25. The zero-order chi connectivity index (χ0) is 16.0. The van der Waals surface area contributed by atoms with Gasteiger partial charge >= 0.3 is 0 Å². The van der Waals surface area contributed by atoms with Crippen LogP contribution >= 0.6 is 0 Å².